The molecule has 0 aliphatic carbocycles. The van der Waals surface area contributed by atoms with Crippen molar-refractivity contribution in [2.24, 2.45) is 0 Å². The van der Waals surface area contributed by atoms with Gasteiger partial charge in [0.2, 0.25) is 11.0 Å². The Morgan fingerprint density at radius 1 is 0.862 bits per heavy atom. The van der Waals surface area contributed by atoms with Crippen LogP contribution < -0.4 is 0 Å². The van der Waals surface area contributed by atoms with Crippen LogP contribution in [-0.4, -0.2) is 25.3 Å². The molecule has 0 amide bonds. The minimum atomic E-state index is -0.0684. The molecule has 0 aliphatic rings. The molecule has 6 nitrogen and oxygen atoms in total. The van der Waals surface area contributed by atoms with Crippen molar-refractivity contribution in [3.63, 3.8) is 0 Å². The highest BCUT2D eigenvalue weighted by Crippen LogP contribution is 2.34. The molecule has 7 heteroatoms. The molecule has 2 aromatic heterocycles. The van der Waals surface area contributed by atoms with Gasteiger partial charge < -0.3 is 4.52 Å². The van der Waals surface area contributed by atoms with Gasteiger partial charge in [-0.1, -0.05) is 84.5 Å². The number of nitrogens with zero attached hydrogens (tertiary/aromatic N) is 5. The van der Waals surface area contributed by atoms with E-state index in [1.165, 1.54) is 11.8 Å². The summed E-state index contributed by atoms with van der Waals surface area (Å²) in [5, 5.41) is 13.4. The summed E-state index contributed by atoms with van der Waals surface area (Å²) in [7, 11) is 0. The fraction of sp³-hybridized carbons (Fsp3) is 0.227. The van der Waals surface area contributed by atoms with Gasteiger partial charge in [-0.2, -0.15) is 4.98 Å². The Labute approximate surface area is 173 Å². The fourth-order valence-corrected chi connectivity index (χ4v) is 3.66. The van der Waals surface area contributed by atoms with Crippen LogP contribution in [0.3, 0.4) is 0 Å². The van der Waals surface area contributed by atoms with E-state index in [0.29, 0.717) is 11.0 Å². The molecule has 0 N–H and O–H groups in total. The molecule has 0 saturated carbocycles. The zero-order chi connectivity index (χ0) is 20.1. The molecule has 0 bridgehead atoms. The lowest BCUT2D eigenvalue weighted by molar-refractivity contribution is 0.374. The monoisotopic (exact) mass is 403 g/mol. The number of aryl methyl sites for hydroxylation is 1. The first-order valence-corrected chi connectivity index (χ1v) is 10.5. The van der Waals surface area contributed by atoms with Crippen molar-refractivity contribution >= 4 is 11.8 Å². The molecule has 0 fully saturated rings. The summed E-state index contributed by atoms with van der Waals surface area (Å²) < 4.78 is 5.40. The summed E-state index contributed by atoms with van der Waals surface area (Å²) in [6.45, 7) is 4.09. The van der Waals surface area contributed by atoms with Gasteiger partial charge in [0.15, 0.2) is 5.82 Å². The molecular formula is C22H21N5OS. The third-order valence-electron chi connectivity index (χ3n) is 4.35. The molecule has 1 unspecified atom stereocenters. The van der Waals surface area contributed by atoms with Crippen molar-refractivity contribution in [1.82, 2.24) is 25.3 Å². The summed E-state index contributed by atoms with van der Waals surface area (Å²) in [4.78, 5) is 9.29. The van der Waals surface area contributed by atoms with E-state index in [0.717, 1.165) is 41.2 Å². The van der Waals surface area contributed by atoms with Crippen molar-refractivity contribution in [2.75, 3.05) is 0 Å². The van der Waals surface area contributed by atoms with Crippen molar-refractivity contribution in [3.8, 4) is 22.5 Å². The van der Waals surface area contributed by atoms with Crippen molar-refractivity contribution in [3.05, 3.63) is 72.4 Å². The molecule has 0 radical (unpaired) electrons. The van der Waals surface area contributed by atoms with Crippen LogP contribution >= 0.6 is 11.8 Å². The summed E-state index contributed by atoms with van der Waals surface area (Å²) in [6, 6.07) is 20.0. The molecule has 0 saturated heterocycles. The molecule has 1 atom stereocenters. The molecular weight excluding hydrogens is 382 g/mol. The largest absolute Gasteiger partial charge is 0.338 e. The molecule has 4 aromatic rings. The van der Waals surface area contributed by atoms with E-state index in [2.05, 4.69) is 27.3 Å². The van der Waals surface area contributed by atoms with Gasteiger partial charge in [0.05, 0.1) is 5.25 Å². The molecule has 0 aliphatic heterocycles. The van der Waals surface area contributed by atoms with Gasteiger partial charge >= 0.3 is 0 Å². The second kappa shape index (κ2) is 8.96. The predicted octanol–water partition coefficient (Wildman–Crippen LogP) is 5.39. The molecule has 2 heterocycles. The lowest BCUT2D eigenvalue weighted by Crippen LogP contribution is -2.00. The summed E-state index contributed by atoms with van der Waals surface area (Å²) >= 11 is 1.46. The Kier molecular flexibility index (Phi) is 5.95. The minimum Gasteiger partial charge on any atom is -0.338 e. The van der Waals surface area contributed by atoms with Crippen LogP contribution in [-0.2, 0) is 6.42 Å². The van der Waals surface area contributed by atoms with Crippen LogP contribution in [0.15, 0.2) is 70.3 Å². The molecule has 146 valence electrons. The Bertz CT molecular complexity index is 1070. The summed E-state index contributed by atoms with van der Waals surface area (Å²) in [6.07, 6.45) is 1.79. The smallest absolute Gasteiger partial charge is 0.239 e. The Morgan fingerprint density at radius 3 is 2.17 bits per heavy atom. The number of aromatic nitrogens is 5. The van der Waals surface area contributed by atoms with Crippen LogP contribution in [0.1, 0.15) is 37.2 Å². The van der Waals surface area contributed by atoms with Gasteiger partial charge in [0.25, 0.3) is 0 Å². The van der Waals surface area contributed by atoms with Gasteiger partial charge in [-0.3, -0.25) is 0 Å². The quantitative estimate of drug-likeness (QED) is 0.383. The zero-order valence-corrected chi connectivity index (χ0v) is 17.1. The van der Waals surface area contributed by atoms with Crippen molar-refractivity contribution < 1.29 is 4.52 Å². The average molecular weight is 404 g/mol. The van der Waals surface area contributed by atoms with E-state index in [-0.39, 0.29) is 5.25 Å². The molecule has 0 spiro atoms. The Hall–Kier alpha value is -3.06. The predicted molar refractivity (Wildman–Crippen MR) is 113 cm³/mol. The maximum atomic E-state index is 5.40. The van der Waals surface area contributed by atoms with Gasteiger partial charge in [-0.25, -0.2) is 4.98 Å². The van der Waals surface area contributed by atoms with Gasteiger partial charge in [0, 0.05) is 17.5 Å². The van der Waals surface area contributed by atoms with Gasteiger partial charge in [-0.05, 0) is 13.3 Å². The van der Waals surface area contributed by atoms with Crippen LogP contribution in [0.5, 0.6) is 0 Å². The Morgan fingerprint density at radius 2 is 1.52 bits per heavy atom. The lowest BCUT2D eigenvalue weighted by Gasteiger charge is -2.10. The number of hydrogen-bond donors (Lipinski definition) is 0. The van der Waals surface area contributed by atoms with E-state index in [9.17, 15) is 0 Å². The molecule has 2 aromatic carbocycles. The van der Waals surface area contributed by atoms with Crippen molar-refractivity contribution in [2.45, 2.75) is 37.1 Å². The molecule has 29 heavy (non-hydrogen) atoms. The normalized spacial score (nSPS) is 12.1. The first kappa shape index (κ1) is 19.3. The van der Waals surface area contributed by atoms with Gasteiger partial charge in [-0.15, -0.1) is 10.2 Å². The summed E-state index contributed by atoms with van der Waals surface area (Å²) in [5.74, 6) is 1.31. The highest BCUT2D eigenvalue weighted by atomic mass is 32.2. The second-order valence-electron chi connectivity index (χ2n) is 6.58. The minimum absolute atomic E-state index is 0.0684. The summed E-state index contributed by atoms with van der Waals surface area (Å²) in [5.41, 5.74) is 3.55. The standard InChI is InChI=1S/C22H21N5OS/c1-3-10-18-23-21(28-27-18)15(2)29-22-24-19(16-11-6-4-7-12-16)20(25-26-22)17-13-8-5-9-14-17/h4-9,11-15H,3,10H2,1-2H3. The van der Waals surface area contributed by atoms with Crippen molar-refractivity contribution in [1.29, 1.82) is 0 Å². The van der Waals surface area contributed by atoms with Crippen LogP contribution in [0.2, 0.25) is 0 Å². The highest BCUT2D eigenvalue weighted by Gasteiger charge is 2.19. The lowest BCUT2D eigenvalue weighted by atomic mass is 10.0. The third-order valence-corrected chi connectivity index (χ3v) is 5.29. The van der Waals surface area contributed by atoms with Crippen LogP contribution in [0.25, 0.3) is 22.5 Å². The van der Waals surface area contributed by atoms with E-state index >= 15 is 0 Å². The first-order valence-electron chi connectivity index (χ1n) is 9.59. The fourth-order valence-electron chi connectivity index (χ4n) is 2.92. The zero-order valence-electron chi connectivity index (χ0n) is 16.3. The van der Waals surface area contributed by atoms with Gasteiger partial charge in [0.1, 0.15) is 11.4 Å². The van der Waals surface area contributed by atoms with E-state index in [1.807, 2.05) is 67.6 Å². The number of hydrogen-bond acceptors (Lipinski definition) is 7. The second-order valence-corrected chi connectivity index (χ2v) is 7.89. The maximum Gasteiger partial charge on any atom is 0.239 e. The Balaban J connectivity index is 1.66. The third kappa shape index (κ3) is 4.51. The average Bonchev–Trinajstić information content (AvgIpc) is 3.24. The topological polar surface area (TPSA) is 77.6 Å². The number of rotatable bonds is 7. The molecule has 4 rings (SSSR count). The first-order chi connectivity index (χ1) is 14.2. The van der Waals surface area contributed by atoms with E-state index < -0.39 is 0 Å². The maximum absolute atomic E-state index is 5.40. The van der Waals surface area contributed by atoms with E-state index in [4.69, 9.17) is 9.51 Å². The van der Waals surface area contributed by atoms with Crippen LogP contribution in [0.4, 0.5) is 0 Å². The number of benzene rings is 2. The van der Waals surface area contributed by atoms with Crippen LogP contribution in [0, 0.1) is 0 Å². The highest BCUT2D eigenvalue weighted by molar-refractivity contribution is 7.99. The number of thioether (sulfide) groups is 1. The SMILES string of the molecule is CCCc1noc(C(C)Sc2nnc(-c3ccccc3)c(-c3ccccc3)n2)n1. The van der Waals surface area contributed by atoms with E-state index in [1.54, 1.807) is 0 Å².